The highest BCUT2D eigenvalue weighted by atomic mass is 16.5. The van der Waals surface area contributed by atoms with Crippen LogP contribution in [0, 0.1) is 5.41 Å². The zero-order chi connectivity index (χ0) is 25.5. The fourth-order valence-corrected chi connectivity index (χ4v) is 6.10. The fraction of sp³-hybridized carbons (Fsp3) is 0.387. The van der Waals surface area contributed by atoms with Crippen molar-refractivity contribution in [2.24, 2.45) is 5.41 Å². The quantitative estimate of drug-likeness (QED) is 0.387. The van der Waals surface area contributed by atoms with Gasteiger partial charge in [0.2, 0.25) is 0 Å². The number of hydrogen-bond donors (Lipinski definition) is 1. The van der Waals surface area contributed by atoms with Gasteiger partial charge in [-0.3, -0.25) is 0 Å². The van der Waals surface area contributed by atoms with E-state index in [1.165, 1.54) is 5.56 Å². The molecule has 6 rings (SSSR count). The lowest BCUT2D eigenvalue weighted by Gasteiger charge is -2.60. The van der Waals surface area contributed by atoms with Crippen molar-refractivity contribution < 1.29 is 24.2 Å². The molecule has 2 bridgehead atoms. The molecule has 0 aromatic heterocycles. The van der Waals surface area contributed by atoms with Crippen molar-refractivity contribution in [1.82, 2.24) is 0 Å². The predicted molar refractivity (Wildman–Crippen MR) is 139 cm³/mol. The smallest absolute Gasteiger partial charge is 0.121 e. The van der Waals surface area contributed by atoms with E-state index in [-0.39, 0.29) is 5.41 Å². The van der Waals surface area contributed by atoms with Crippen LogP contribution in [0.15, 0.2) is 91.0 Å². The molecule has 0 unspecified atom stereocenters. The Morgan fingerprint density at radius 2 is 1.28 bits per heavy atom. The Labute approximate surface area is 214 Å². The van der Waals surface area contributed by atoms with Crippen LogP contribution in [-0.4, -0.2) is 48.3 Å². The van der Waals surface area contributed by atoms with Crippen LogP contribution in [-0.2, 0) is 21.7 Å². The lowest BCUT2D eigenvalue weighted by molar-refractivity contribution is -0.946. The van der Waals surface area contributed by atoms with E-state index < -0.39 is 11.6 Å². The van der Waals surface area contributed by atoms with Crippen LogP contribution in [0.2, 0.25) is 0 Å². The summed E-state index contributed by atoms with van der Waals surface area (Å²) in [4.78, 5) is 8.89. The summed E-state index contributed by atoms with van der Waals surface area (Å²) in [7, 11) is 0. The number of nitrogens with zero attached hydrogens (tertiary/aromatic N) is 1. The largest absolute Gasteiger partial charge is 0.550 e. The molecule has 3 heterocycles. The third kappa shape index (κ3) is 5.54. The van der Waals surface area contributed by atoms with Crippen molar-refractivity contribution in [2.75, 3.05) is 32.8 Å². The van der Waals surface area contributed by atoms with Crippen LogP contribution in [0.25, 0.3) is 0 Å². The Morgan fingerprint density at radius 1 is 0.861 bits per heavy atom. The first-order valence-electron chi connectivity index (χ1n) is 12.9. The van der Waals surface area contributed by atoms with E-state index in [1.807, 2.05) is 18.2 Å². The molecule has 0 atom stereocenters. The summed E-state index contributed by atoms with van der Waals surface area (Å²) in [6, 6.07) is 31.1. The van der Waals surface area contributed by atoms with Gasteiger partial charge in [0, 0.05) is 30.6 Å². The number of hydrogen-bond acceptors (Lipinski definition) is 4. The molecule has 3 aromatic carbocycles. The number of piperidine rings is 3. The molecule has 0 spiro atoms. The lowest BCUT2D eigenvalue weighted by Crippen LogP contribution is -2.67. The van der Waals surface area contributed by atoms with Crippen LogP contribution in [0.3, 0.4) is 0 Å². The third-order valence-electron chi connectivity index (χ3n) is 8.17. The van der Waals surface area contributed by atoms with Crippen molar-refractivity contribution >= 4 is 5.97 Å². The summed E-state index contributed by atoms with van der Waals surface area (Å²) in [5.74, 6) is -1.08. The third-order valence-corrected chi connectivity index (χ3v) is 8.17. The molecule has 3 saturated heterocycles. The van der Waals surface area contributed by atoms with Crippen molar-refractivity contribution in [3.8, 4) is 0 Å². The van der Waals surface area contributed by atoms with E-state index in [0.717, 1.165) is 74.6 Å². The van der Waals surface area contributed by atoms with Gasteiger partial charge in [-0.25, -0.2) is 0 Å². The van der Waals surface area contributed by atoms with E-state index in [4.69, 9.17) is 14.6 Å². The van der Waals surface area contributed by atoms with Crippen LogP contribution >= 0.6 is 0 Å². The summed E-state index contributed by atoms with van der Waals surface area (Å²) in [5.41, 5.74) is 2.23. The highest BCUT2D eigenvalue weighted by molar-refractivity contribution is 5.60. The van der Waals surface area contributed by atoms with Crippen LogP contribution in [0.1, 0.15) is 42.9 Å². The van der Waals surface area contributed by atoms with Gasteiger partial charge in [0.15, 0.2) is 0 Å². The number of carbonyl (C=O) groups is 1. The number of benzene rings is 3. The minimum atomic E-state index is -1.08. The predicted octanol–water partition coefficient (Wildman–Crippen LogP) is 3.90. The summed E-state index contributed by atoms with van der Waals surface area (Å²) in [5, 5.41) is 21.3. The number of carbonyl (C=O) groups excluding carboxylic acids is 1. The van der Waals surface area contributed by atoms with Gasteiger partial charge >= 0.3 is 0 Å². The summed E-state index contributed by atoms with van der Waals surface area (Å²) in [6.07, 6.45) is 3.14. The standard InChI is InChI=1S/C29H34NO2.C2H4O2/c31-29(26-12-6-2-7-13-26,27-14-8-3-9-15-27)28-16-19-30(20-17-28,21-18-28)22-23-32-24-25-10-4-1-5-11-25;1-2(3)4/h1-15,31H,16-24H2;1H3,(H,3,4)/q+1;/p-1. The van der Waals surface area contributed by atoms with E-state index in [1.54, 1.807) is 0 Å². The van der Waals surface area contributed by atoms with Crippen molar-refractivity contribution in [3.63, 3.8) is 0 Å². The molecule has 0 aliphatic carbocycles. The van der Waals surface area contributed by atoms with E-state index in [9.17, 15) is 5.11 Å². The number of aliphatic hydroxyl groups is 1. The fourth-order valence-electron chi connectivity index (χ4n) is 6.10. The monoisotopic (exact) mass is 487 g/mol. The van der Waals surface area contributed by atoms with Crippen LogP contribution in [0.4, 0.5) is 0 Å². The lowest BCUT2D eigenvalue weighted by atomic mass is 9.56. The summed E-state index contributed by atoms with van der Waals surface area (Å²) < 4.78 is 7.17. The number of quaternary nitrogens is 1. The van der Waals surface area contributed by atoms with Crippen molar-refractivity contribution in [2.45, 2.75) is 38.4 Å². The minimum absolute atomic E-state index is 0.111. The second kappa shape index (κ2) is 11.4. The van der Waals surface area contributed by atoms with E-state index in [0.29, 0.717) is 6.61 Å². The molecule has 0 saturated carbocycles. The topological polar surface area (TPSA) is 69.6 Å². The Kier molecular flexibility index (Phi) is 8.24. The number of fused-ring (bicyclic) bond motifs is 3. The molecular weight excluding hydrogens is 450 g/mol. The maximum atomic E-state index is 12.4. The molecule has 0 amide bonds. The molecule has 3 aliphatic rings. The number of carboxylic acid groups (broad SMARTS) is 1. The Balaban J connectivity index is 0.000000709. The average Bonchev–Trinajstić information content (AvgIpc) is 2.93. The number of aliphatic carboxylic acids is 1. The number of carboxylic acids is 1. The van der Waals surface area contributed by atoms with Gasteiger partial charge in [0.25, 0.3) is 0 Å². The molecule has 3 aliphatic heterocycles. The number of ether oxygens (including phenoxy) is 1. The maximum absolute atomic E-state index is 12.4. The average molecular weight is 488 g/mol. The molecule has 5 nitrogen and oxygen atoms in total. The normalized spacial score (nSPS) is 22.9. The Bertz CT molecular complexity index is 1030. The number of rotatable bonds is 8. The van der Waals surface area contributed by atoms with Gasteiger partial charge in [-0.1, -0.05) is 91.0 Å². The van der Waals surface area contributed by atoms with Gasteiger partial charge in [0.1, 0.15) is 12.1 Å². The highest BCUT2D eigenvalue weighted by Gasteiger charge is 2.60. The first kappa shape index (κ1) is 26.1. The molecule has 5 heteroatoms. The molecule has 3 aromatic rings. The Morgan fingerprint density at radius 3 is 1.72 bits per heavy atom. The minimum Gasteiger partial charge on any atom is -0.550 e. The molecule has 190 valence electrons. The van der Waals surface area contributed by atoms with Gasteiger partial charge in [-0.2, -0.15) is 0 Å². The van der Waals surface area contributed by atoms with Gasteiger partial charge in [-0.15, -0.1) is 0 Å². The van der Waals surface area contributed by atoms with Gasteiger partial charge in [0.05, 0.1) is 32.8 Å². The van der Waals surface area contributed by atoms with Gasteiger partial charge in [-0.05, 0) is 23.6 Å². The summed E-state index contributed by atoms with van der Waals surface area (Å²) in [6.45, 7) is 6.89. The zero-order valence-electron chi connectivity index (χ0n) is 21.1. The van der Waals surface area contributed by atoms with Gasteiger partial charge < -0.3 is 24.2 Å². The molecule has 3 fully saturated rings. The summed E-state index contributed by atoms with van der Waals surface area (Å²) >= 11 is 0. The first-order valence-corrected chi connectivity index (χ1v) is 12.9. The van der Waals surface area contributed by atoms with Crippen molar-refractivity contribution in [3.05, 3.63) is 108 Å². The van der Waals surface area contributed by atoms with Crippen molar-refractivity contribution in [1.29, 1.82) is 0 Å². The molecular formula is C31H37NO4. The first-order chi connectivity index (χ1) is 17.4. The SMILES string of the molecule is CC(=O)[O-].OC(c1ccccc1)(c1ccccc1)C12CC[N+](CCOCc3ccccc3)(CC1)CC2. The van der Waals surface area contributed by atoms with Crippen LogP contribution < -0.4 is 5.11 Å². The van der Waals surface area contributed by atoms with Crippen LogP contribution in [0.5, 0.6) is 0 Å². The zero-order valence-corrected chi connectivity index (χ0v) is 21.1. The maximum Gasteiger partial charge on any atom is 0.121 e. The second-order valence-corrected chi connectivity index (χ2v) is 10.2. The van der Waals surface area contributed by atoms with E-state index in [2.05, 4.69) is 72.8 Å². The Hall–Kier alpha value is -2.99. The highest BCUT2D eigenvalue weighted by Crippen LogP contribution is 2.57. The molecule has 36 heavy (non-hydrogen) atoms. The second-order valence-electron chi connectivity index (χ2n) is 10.2. The van der Waals surface area contributed by atoms with E-state index >= 15 is 0 Å². The molecule has 0 radical (unpaired) electrons. The molecule has 1 N–H and O–H groups in total.